The molecular weight excluding hydrogens is 927 g/mol. The quantitative estimate of drug-likeness (QED) is 0.0958. The monoisotopic (exact) mass is 986 g/mol. The van der Waals surface area contributed by atoms with Gasteiger partial charge in [-0.1, -0.05) is 163 Å². The summed E-state index contributed by atoms with van der Waals surface area (Å²) in [7, 11) is -1.34. The largest absolute Gasteiger partial charge is 0.557 e. The summed E-state index contributed by atoms with van der Waals surface area (Å²) in [5, 5.41) is 2.56. The van der Waals surface area contributed by atoms with Gasteiger partial charge in [0.05, 0.1) is 24.9 Å². The molecule has 0 bridgehead atoms. The summed E-state index contributed by atoms with van der Waals surface area (Å²) in [6.07, 6.45) is 8.62. The van der Waals surface area contributed by atoms with Crippen molar-refractivity contribution in [3.05, 3.63) is 156 Å². The first kappa shape index (κ1) is 44.7. The second kappa shape index (κ2) is 19.2. The zero-order chi connectivity index (χ0) is 41.8. The molecule has 0 aliphatic carbocycles. The van der Waals surface area contributed by atoms with Crippen LogP contribution in [0.5, 0.6) is 0 Å². The number of benzene rings is 5. The molecule has 8 rings (SSSR count). The summed E-state index contributed by atoms with van der Waals surface area (Å²) in [6.45, 7) is 23.1. The SMILES string of the molecule is CC(C)Cc1cc(-c2[c-]cccc2)ncc1[Si](C)(C)C.CCCc1ccc2o[c-]c(-c3nc4ccccc4n3-c3c(C(C)C)cc(-c4ccccc4)cc3C(C)C)c2c1.[Ir]. The molecule has 6 heteroatoms. The van der Waals surface area contributed by atoms with Crippen LogP contribution in [0.4, 0.5) is 0 Å². The van der Waals surface area contributed by atoms with Crippen LogP contribution in [0.15, 0.2) is 126 Å². The molecule has 3 heterocycles. The molecule has 0 atom stereocenters. The van der Waals surface area contributed by atoms with Crippen LogP contribution < -0.4 is 5.19 Å². The molecule has 0 aliphatic heterocycles. The minimum Gasteiger partial charge on any atom is -0.557 e. The van der Waals surface area contributed by atoms with Gasteiger partial charge in [0.1, 0.15) is 0 Å². The van der Waals surface area contributed by atoms with E-state index >= 15 is 0 Å². The second-order valence-electron chi connectivity index (χ2n) is 17.9. The number of hydrogen-bond donors (Lipinski definition) is 0. The summed E-state index contributed by atoms with van der Waals surface area (Å²) in [4.78, 5) is 9.90. The van der Waals surface area contributed by atoms with Crippen LogP contribution in [-0.2, 0) is 32.9 Å². The average molecular weight is 986 g/mol. The number of pyridine rings is 1. The zero-order valence-corrected chi connectivity index (χ0v) is 40.4. The molecule has 311 valence electrons. The Hall–Kier alpha value is -4.87. The fraction of sp³-hybridized carbons (Fsp3) is 0.296. The minimum atomic E-state index is -1.34. The number of hydrogen-bond acceptors (Lipinski definition) is 3. The van der Waals surface area contributed by atoms with Gasteiger partial charge in [0, 0.05) is 43.8 Å². The Kier molecular flexibility index (Phi) is 14.3. The van der Waals surface area contributed by atoms with Gasteiger partial charge in [0.25, 0.3) is 0 Å². The Morgan fingerprint density at radius 1 is 0.750 bits per heavy atom. The number of para-hydroxylation sites is 2. The van der Waals surface area contributed by atoms with Crippen LogP contribution in [0.2, 0.25) is 19.6 Å². The first-order valence-corrected chi connectivity index (χ1v) is 24.9. The van der Waals surface area contributed by atoms with Crippen LogP contribution in [0.25, 0.3) is 61.5 Å². The van der Waals surface area contributed by atoms with Crippen molar-refractivity contribution in [2.45, 2.75) is 99.2 Å². The molecule has 8 aromatic rings. The Morgan fingerprint density at radius 2 is 1.43 bits per heavy atom. The fourth-order valence-electron chi connectivity index (χ4n) is 8.15. The van der Waals surface area contributed by atoms with E-state index in [-0.39, 0.29) is 20.1 Å². The fourth-order valence-corrected chi connectivity index (χ4v) is 9.74. The van der Waals surface area contributed by atoms with Gasteiger partial charge in [-0.05, 0) is 88.0 Å². The summed E-state index contributed by atoms with van der Waals surface area (Å²) >= 11 is 0. The molecule has 0 aliphatic rings. The molecule has 0 saturated carbocycles. The molecule has 4 nitrogen and oxygen atoms in total. The standard InChI is InChI=1S/C36H35N2O.C18H24NSi.Ir/c1-6-12-25-17-18-34-30(19-25)31(22-39-34)36-37-32-15-10-11-16-33(32)38(36)35-28(23(2)3)20-27(21-29(35)24(4)5)26-13-8-7-9-14-26;1-14(2)11-16-12-17(15-9-7-6-8-10-15)19-13-18(16)20(3,4)5;/h7-11,13-21,23-24H,6,12H2,1-5H3;6-9,12-14H,11H2,1-5H3;/q2*-1;. The van der Waals surface area contributed by atoms with Crippen LogP contribution in [0.1, 0.15) is 89.0 Å². The molecule has 60 heavy (non-hydrogen) atoms. The smallest absolute Gasteiger partial charge is 0.0798 e. The maximum absolute atomic E-state index is 5.98. The number of nitrogens with zero attached hydrogens (tertiary/aromatic N) is 3. The Morgan fingerprint density at radius 3 is 2.07 bits per heavy atom. The van der Waals surface area contributed by atoms with Crippen molar-refractivity contribution in [3.63, 3.8) is 0 Å². The number of aryl methyl sites for hydroxylation is 1. The van der Waals surface area contributed by atoms with Gasteiger partial charge in [0.15, 0.2) is 0 Å². The van der Waals surface area contributed by atoms with Crippen LogP contribution >= 0.6 is 0 Å². The minimum absolute atomic E-state index is 0. The summed E-state index contributed by atoms with van der Waals surface area (Å²) < 4.78 is 8.34. The van der Waals surface area contributed by atoms with Gasteiger partial charge < -0.3 is 14.0 Å². The van der Waals surface area contributed by atoms with E-state index in [4.69, 9.17) is 9.40 Å². The Bertz CT molecular complexity index is 2640. The number of imidazole rings is 1. The van der Waals surface area contributed by atoms with Crippen molar-refractivity contribution in [1.29, 1.82) is 0 Å². The van der Waals surface area contributed by atoms with Crippen molar-refractivity contribution in [1.82, 2.24) is 14.5 Å². The van der Waals surface area contributed by atoms with E-state index in [0.29, 0.717) is 17.8 Å². The molecule has 0 N–H and O–H groups in total. The summed E-state index contributed by atoms with van der Waals surface area (Å²) in [5.41, 5.74) is 15.1. The number of furan rings is 1. The van der Waals surface area contributed by atoms with Crippen molar-refractivity contribution >= 4 is 35.3 Å². The van der Waals surface area contributed by atoms with Crippen LogP contribution in [0, 0.1) is 18.2 Å². The van der Waals surface area contributed by atoms with E-state index < -0.39 is 8.07 Å². The van der Waals surface area contributed by atoms with Crippen molar-refractivity contribution < 1.29 is 24.5 Å². The van der Waals surface area contributed by atoms with Gasteiger partial charge >= 0.3 is 0 Å². The van der Waals surface area contributed by atoms with Gasteiger partial charge in [-0.15, -0.1) is 35.9 Å². The molecule has 0 spiro atoms. The molecule has 0 unspecified atom stereocenters. The predicted molar refractivity (Wildman–Crippen MR) is 253 cm³/mol. The van der Waals surface area contributed by atoms with Gasteiger partial charge in [-0.3, -0.25) is 4.98 Å². The van der Waals surface area contributed by atoms with Crippen molar-refractivity contribution in [3.8, 4) is 39.5 Å². The predicted octanol–water partition coefficient (Wildman–Crippen LogP) is 14.4. The average Bonchev–Trinajstić information content (AvgIpc) is 3.82. The Balaban J connectivity index is 0.000000243. The maximum atomic E-state index is 5.98. The number of aromatic nitrogens is 3. The van der Waals surface area contributed by atoms with E-state index in [1.165, 1.54) is 44.3 Å². The second-order valence-corrected chi connectivity index (χ2v) is 23.0. The van der Waals surface area contributed by atoms with Gasteiger partial charge in [-0.2, -0.15) is 0 Å². The first-order valence-electron chi connectivity index (χ1n) is 21.4. The third kappa shape index (κ3) is 9.68. The third-order valence-electron chi connectivity index (χ3n) is 11.1. The molecule has 0 amide bonds. The van der Waals surface area contributed by atoms with E-state index in [0.717, 1.165) is 63.9 Å². The molecular formula is C54H59IrN3OSi-2. The van der Waals surface area contributed by atoms with Crippen molar-refractivity contribution in [2.24, 2.45) is 5.92 Å². The first-order chi connectivity index (χ1) is 28.3. The van der Waals surface area contributed by atoms with E-state index in [1.54, 1.807) is 0 Å². The van der Waals surface area contributed by atoms with E-state index in [2.05, 4.69) is 193 Å². The van der Waals surface area contributed by atoms with Crippen LogP contribution in [-0.4, -0.2) is 22.6 Å². The van der Waals surface area contributed by atoms with Crippen molar-refractivity contribution in [2.75, 3.05) is 0 Å². The molecule has 0 saturated heterocycles. The normalized spacial score (nSPS) is 11.7. The summed E-state index contributed by atoms with van der Waals surface area (Å²) in [6, 6.07) is 44.0. The van der Waals surface area contributed by atoms with Crippen LogP contribution in [0.3, 0.4) is 0 Å². The maximum Gasteiger partial charge on any atom is 0.0798 e. The third-order valence-corrected chi connectivity index (χ3v) is 13.1. The molecule has 0 fully saturated rings. The molecule has 1 radical (unpaired) electrons. The van der Waals surface area contributed by atoms with E-state index in [1.807, 2.05) is 18.2 Å². The Labute approximate surface area is 372 Å². The zero-order valence-electron chi connectivity index (χ0n) is 37.0. The molecule has 3 aromatic heterocycles. The topological polar surface area (TPSA) is 43.9 Å². The van der Waals surface area contributed by atoms with Gasteiger partial charge in [0.2, 0.25) is 0 Å². The molecule has 5 aromatic carbocycles. The van der Waals surface area contributed by atoms with E-state index in [9.17, 15) is 0 Å². The number of rotatable bonds is 11. The summed E-state index contributed by atoms with van der Waals surface area (Å²) in [5.74, 6) is 2.17. The number of fused-ring (bicyclic) bond motifs is 2. The van der Waals surface area contributed by atoms with Gasteiger partial charge in [-0.25, -0.2) is 0 Å².